The number of fused-ring (bicyclic) bond motifs is 1. The largest absolute Gasteiger partial charge is 0.485 e. The van der Waals surface area contributed by atoms with E-state index in [4.69, 9.17) is 15.6 Å². The summed E-state index contributed by atoms with van der Waals surface area (Å²) in [6, 6.07) is 13.1. The highest BCUT2D eigenvalue weighted by Crippen LogP contribution is 2.24. The smallest absolute Gasteiger partial charge is 0.358 e. The van der Waals surface area contributed by atoms with Gasteiger partial charge in [0.05, 0.1) is 0 Å². The SMILES string of the molecule is Nc1c(C(=O)O)nc2c(OCc3ccccc3)cccn12. The summed E-state index contributed by atoms with van der Waals surface area (Å²) in [5.41, 5.74) is 7.01. The van der Waals surface area contributed by atoms with Gasteiger partial charge in [-0.1, -0.05) is 30.3 Å². The molecule has 106 valence electrons. The van der Waals surface area contributed by atoms with Crippen molar-refractivity contribution in [2.75, 3.05) is 5.73 Å². The minimum Gasteiger partial charge on any atom is -0.485 e. The van der Waals surface area contributed by atoms with Crippen molar-refractivity contribution < 1.29 is 14.6 Å². The molecule has 0 unspecified atom stereocenters. The second-order valence-electron chi connectivity index (χ2n) is 4.49. The van der Waals surface area contributed by atoms with Crippen LogP contribution in [0.15, 0.2) is 48.7 Å². The lowest BCUT2D eigenvalue weighted by Gasteiger charge is -2.07. The first kappa shape index (κ1) is 13.0. The number of carbonyl (C=O) groups is 1. The average molecular weight is 283 g/mol. The van der Waals surface area contributed by atoms with Crippen LogP contribution in [0.1, 0.15) is 16.1 Å². The van der Waals surface area contributed by atoms with Crippen molar-refractivity contribution in [2.24, 2.45) is 0 Å². The number of pyridine rings is 1. The fourth-order valence-electron chi connectivity index (χ4n) is 2.07. The van der Waals surface area contributed by atoms with Gasteiger partial charge < -0.3 is 15.6 Å². The van der Waals surface area contributed by atoms with Crippen LogP contribution in [-0.4, -0.2) is 20.5 Å². The monoisotopic (exact) mass is 283 g/mol. The fourth-order valence-corrected chi connectivity index (χ4v) is 2.07. The number of anilines is 1. The first-order valence-electron chi connectivity index (χ1n) is 6.33. The molecule has 0 saturated carbocycles. The van der Waals surface area contributed by atoms with E-state index in [0.717, 1.165) is 5.56 Å². The summed E-state index contributed by atoms with van der Waals surface area (Å²) in [5, 5.41) is 9.07. The van der Waals surface area contributed by atoms with Crippen LogP contribution in [0.2, 0.25) is 0 Å². The molecule has 1 aromatic carbocycles. The van der Waals surface area contributed by atoms with E-state index in [1.165, 1.54) is 4.40 Å². The summed E-state index contributed by atoms with van der Waals surface area (Å²) in [7, 11) is 0. The van der Waals surface area contributed by atoms with E-state index < -0.39 is 5.97 Å². The number of aromatic nitrogens is 2. The van der Waals surface area contributed by atoms with Gasteiger partial charge in [-0.15, -0.1) is 0 Å². The molecule has 0 spiro atoms. The summed E-state index contributed by atoms with van der Waals surface area (Å²) >= 11 is 0. The Morgan fingerprint density at radius 2 is 2.00 bits per heavy atom. The maximum absolute atomic E-state index is 11.1. The first-order chi connectivity index (χ1) is 10.2. The van der Waals surface area contributed by atoms with Gasteiger partial charge in [0.1, 0.15) is 12.4 Å². The summed E-state index contributed by atoms with van der Waals surface area (Å²) in [6.07, 6.45) is 1.65. The number of nitrogens with two attached hydrogens (primary N) is 1. The Labute approximate surface area is 120 Å². The maximum Gasteiger partial charge on any atom is 0.358 e. The molecule has 21 heavy (non-hydrogen) atoms. The van der Waals surface area contributed by atoms with Crippen LogP contribution >= 0.6 is 0 Å². The number of nitrogen functional groups attached to an aromatic ring is 1. The standard InChI is InChI=1S/C15H13N3O3/c16-13-12(15(19)20)17-14-11(7-4-8-18(13)14)21-9-10-5-2-1-3-6-10/h1-8H,9,16H2,(H,19,20). The van der Waals surface area contributed by atoms with Crippen molar-refractivity contribution in [3.63, 3.8) is 0 Å². The van der Waals surface area contributed by atoms with Crippen molar-refractivity contribution in [3.8, 4) is 5.75 Å². The van der Waals surface area contributed by atoms with E-state index in [1.807, 2.05) is 30.3 Å². The Balaban J connectivity index is 1.95. The van der Waals surface area contributed by atoms with Crippen LogP contribution in [-0.2, 0) is 6.61 Å². The third kappa shape index (κ3) is 2.38. The van der Waals surface area contributed by atoms with E-state index in [0.29, 0.717) is 18.0 Å². The van der Waals surface area contributed by atoms with Crippen LogP contribution in [0.4, 0.5) is 5.82 Å². The molecule has 0 aliphatic rings. The van der Waals surface area contributed by atoms with E-state index in [9.17, 15) is 4.79 Å². The maximum atomic E-state index is 11.1. The lowest BCUT2D eigenvalue weighted by Crippen LogP contribution is -2.02. The molecular formula is C15H13N3O3. The van der Waals surface area contributed by atoms with E-state index >= 15 is 0 Å². The highest BCUT2D eigenvalue weighted by atomic mass is 16.5. The van der Waals surface area contributed by atoms with Crippen molar-refractivity contribution >= 4 is 17.4 Å². The summed E-state index contributed by atoms with van der Waals surface area (Å²) < 4.78 is 7.23. The molecule has 2 heterocycles. The molecule has 0 atom stereocenters. The number of ether oxygens (including phenoxy) is 1. The molecule has 6 heteroatoms. The third-order valence-corrected chi connectivity index (χ3v) is 3.09. The van der Waals surface area contributed by atoms with E-state index in [2.05, 4.69) is 4.98 Å². The van der Waals surface area contributed by atoms with Crippen molar-refractivity contribution in [3.05, 3.63) is 59.9 Å². The molecule has 0 amide bonds. The Hall–Kier alpha value is -3.02. The van der Waals surface area contributed by atoms with Gasteiger partial charge in [-0.2, -0.15) is 0 Å². The van der Waals surface area contributed by atoms with E-state index in [-0.39, 0.29) is 11.5 Å². The molecular weight excluding hydrogens is 270 g/mol. The zero-order valence-corrected chi connectivity index (χ0v) is 11.1. The lowest BCUT2D eigenvalue weighted by molar-refractivity contribution is 0.0692. The van der Waals surface area contributed by atoms with Crippen molar-refractivity contribution in [2.45, 2.75) is 6.61 Å². The van der Waals surface area contributed by atoms with Crippen LogP contribution in [0.3, 0.4) is 0 Å². The molecule has 0 fully saturated rings. The quantitative estimate of drug-likeness (QED) is 0.766. The predicted molar refractivity (Wildman–Crippen MR) is 77.3 cm³/mol. The van der Waals surface area contributed by atoms with Gasteiger partial charge in [-0.3, -0.25) is 4.40 Å². The topological polar surface area (TPSA) is 89.9 Å². The second kappa shape index (κ2) is 5.16. The number of carboxylic acids is 1. The average Bonchev–Trinajstić information content (AvgIpc) is 2.84. The third-order valence-electron chi connectivity index (χ3n) is 3.09. The number of imidazole rings is 1. The number of nitrogens with zero attached hydrogens (tertiary/aromatic N) is 2. The van der Waals surface area contributed by atoms with Gasteiger partial charge >= 0.3 is 5.97 Å². The van der Waals surface area contributed by atoms with Gasteiger partial charge in [0.2, 0.25) is 0 Å². The molecule has 3 N–H and O–H groups in total. The minimum absolute atomic E-state index is 0.0858. The molecule has 6 nitrogen and oxygen atoms in total. The highest BCUT2D eigenvalue weighted by molar-refractivity contribution is 5.92. The number of rotatable bonds is 4. The zero-order chi connectivity index (χ0) is 14.8. The van der Waals surface area contributed by atoms with Crippen LogP contribution in [0.25, 0.3) is 5.65 Å². The number of benzene rings is 1. The molecule has 3 rings (SSSR count). The van der Waals surface area contributed by atoms with Gasteiger partial charge in [0.25, 0.3) is 0 Å². The molecule has 0 aliphatic carbocycles. The molecule has 0 bridgehead atoms. The Morgan fingerprint density at radius 1 is 1.24 bits per heavy atom. The second-order valence-corrected chi connectivity index (χ2v) is 4.49. The Bertz CT molecular complexity index is 797. The molecule has 3 aromatic rings. The molecule has 0 aliphatic heterocycles. The highest BCUT2D eigenvalue weighted by Gasteiger charge is 2.17. The number of hydrogen-bond acceptors (Lipinski definition) is 4. The zero-order valence-electron chi connectivity index (χ0n) is 11.1. The van der Waals surface area contributed by atoms with Gasteiger partial charge in [-0.25, -0.2) is 9.78 Å². The summed E-state index contributed by atoms with van der Waals surface area (Å²) in [6.45, 7) is 0.371. The normalized spacial score (nSPS) is 10.7. The van der Waals surface area contributed by atoms with Gasteiger partial charge in [0.15, 0.2) is 17.1 Å². The predicted octanol–water partition coefficient (Wildman–Crippen LogP) is 2.19. The van der Waals surface area contributed by atoms with Crippen molar-refractivity contribution in [1.29, 1.82) is 0 Å². The molecule has 2 aromatic heterocycles. The van der Waals surface area contributed by atoms with Crippen molar-refractivity contribution in [1.82, 2.24) is 9.38 Å². The number of aromatic carboxylic acids is 1. The van der Waals surface area contributed by atoms with Crippen LogP contribution < -0.4 is 10.5 Å². The van der Waals surface area contributed by atoms with Crippen LogP contribution in [0, 0.1) is 0 Å². The minimum atomic E-state index is -1.16. The van der Waals surface area contributed by atoms with Crippen LogP contribution in [0.5, 0.6) is 5.75 Å². The van der Waals surface area contributed by atoms with Gasteiger partial charge in [-0.05, 0) is 17.7 Å². The van der Waals surface area contributed by atoms with E-state index in [1.54, 1.807) is 18.3 Å². The number of hydrogen-bond donors (Lipinski definition) is 2. The lowest BCUT2D eigenvalue weighted by atomic mass is 10.2. The van der Waals surface area contributed by atoms with Gasteiger partial charge in [0, 0.05) is 6.20 Å². The molecule has 0 saturated heterocycles. The Kier molecular flexibility index (Phi) is 3.19. The first-order valence-corrected chi connectivity index (χ1v) is 6.33. The molecule has 0 radical (unpaired) electrons. The number of carboxylic acid groups (broad SMARTS) is 1. The fraction of sp³-hybridized carbons (Fsp3) is 0.0667. The Morgan fingerprint density at radius 3 is 2.71 bits per heavy atom. The summed E-state index contributed by atoms with van der Waals surface area (Å²) in [5.74, 6) is -0.589. The summed E-state index contributed by atoms with van der Waals surface area (Å²) in [4.78, 5) is 15.1.